The molecule has 0 unspecified atom stereocenters. The number of hydrogen-bond acceptors (Lipinski definition) is 3. The first-order chi connectivity index (χ1) is 16.4. The average molecular weight is 495 g/mol. The molecule has 0 saturated heterocycles. The average Bonchev–Trinajstić information content (AvgIpc) is 2.82. The normalized spacial score (nSPS) is 11.8. The third kappa shape index (κ3) is 8.23. The van der Waals surface area contributed by atoms with Crippen molar-refractivity contribution in [1.29, 1.82) is 0 Å². The lowest BCUT2D eigenvalue weighted by Crippen LogP contribution is -2.52. The largest absolute Gasteiger partial charge is 0.352 e. The summed E-state index contributed by atoms with van der Waals surface area (Å²) in [7, 11) is 0. The summed E-state index contributed by atoms with van der Waals surface area (Å²) >= 11 is 7.77. The van der Waals surface area contributed by atoms with Gasteiger partial charge in [0.2, 0.25) is 11.8 Å². The van der Waals surface area contributed by atoms with Crippen molar-refractivity contribution in [3.8, 4) is 0 Å². The fourth-order valence-electron chi connectivity index (χ4n) is 3.68. The van der Waals surface area contributed by atoms with Crippen molar-refractivity contribution in [2.75, 3.05) is 5.75 Å². The van der Waals surface area contributed by atoms with E-state index in [1.807, 2.05) is 80.6 Å². The summed E-state index contributed by atoms with van der Waals surface area (Å²) in [5.41, 5.74) is 3.07. The van der Waals surface area contributed by atoms with Crippen LogP contribution in [0.1, 0.15) is 30.5 Å². The Morgan fingerprint density at radius 2 is 1.50 bits per heavy atom. The molecule has 3 aromatic carbocycles. The van der Waals surface area contributed by atoms with Gasteiger partial charge >= 0.3 is 0 Å². The molecule has 0 aliphatic rings. The second-order valence-electron chi connectivity index (χ2n) is 8.50. The number of rotatable bonds is 11. The number of thioether (sulfide) groups is 1. The molecule has 3 rings (SSSR count). The summed E-state index contributed by atoms with van der Waals surface area (Å²) in [6, 6.07) is 26.7. The minimum Gasteiger partial charge on any atom is -0.352 e. The Labute approximate surface area is 211 Å². The third-order valence-electron chi connectivity index (χ3n) is 5.28. The fourth-order valence-corrected chi connectivity index (χ4v) is 4.76. The van der Waals surface area contributed by atoms with E-state index in [4.69, 9.17) is 11.6 Å². The molecular formula is C28H31ClN2O2S. The number of benzene rings is 3. The number of carbonyl (C=O) groups excluding carboxylic acids is 2. The van der Waals surface area contributed by atoms with Crippen LogP contribution in [-0.2, 0) is 28.3 Å². The maximum Gasteiger partial charge on any atom is 0.243 e. The quantitative estimate of drug-likeness (QED) is 0.370. The maximum absolute atomic E-state index is 13.5. The van der Waals surface area contributed by atoms with Crippen LogP contribution in [0.2, 0.25) is 5.02 Å². The standard InChI is InChI=1S/C28H31ClN2O2S/c1-21(2)30-28(33)26(17-22-10-5-3-6-11-22)31(18-24-14-9-15-25(29)16-24)27(32)20-34-19-23-12-7-4-8-13-23/h3-16,21,26H,17-20H2,1-2H3,(H,30,33)/t26-/m0/s1. The highest BCUT2D eigenvalue weighted by molar-refractivity contribution is 7.99. The number of hydrogen-bond donors (Lipinski definition) is 1. The lowest BCUT2D eigenvalue weighted by atomic mass is 10.0. The van der Waals surface area contributed by atoms with E-state index in [-0.39, 0.29) is 23.6 Å². The van der Waals surface area contributed by atoms with Gasteiger partial charge in [-0.05, 0) is 42.7 Å². The predicted octanol–water partition coefficient (Wildman–Crippen LogP) is 5.74. The molecule has 0 aromatic heterocycles. The van der Waals surface area contributed by atoms with Gasteiger partial charge in [0.1, 0.15) is 6.04 Å². The Morgan fingerprint density at radius 3 is 2.12 bits per heavy atom. The molecule has 0 aliphatic heterocycles. The summed E-state index contributed by atoms with van der Waals surface area (Å²) in [6.45, 7) is 4.17. The lowest BCUT2D eigenvalue weighted by molar-refractivity contribution is -0.139. The molecular weight excluding hydrogens is 464 g/mol. The molecule has 0 saturated carbocycles. The lowest BCUT2D eigenvalue weighted by Gasteiger charge is -2.32. The van der Waals surface area contributed by atoms with Crippen molar-refractivity contribution >= 4 is 35.2 Å². The molecule has 1 atom stereocenters. The van der Waals surface area contributed by atoms with Crippen LogP contribution in [0.5, 0.6) is 0 Å². The molecule has 0 heterocycles. The van der Waals surface area contributed by atoms with E-state index in [9.17, 15) is 9.59 Å². The van der Waals surface area contributed by atoms with Crippen LogP contribution in [0, 0.1) is 0 Å². The molecule has 0 radical (unpaired) electrons. The Kier molecular flexibility index (Phi) is 10.0. The van der Waals surface area contributed by atoms with E-state index in [1.165, 1.54) is 5.56 Å². The van der Waals surface area contributed by atoms with Gasteiger partial charge in [0.25, 0.3) is 0 Å². The molecule has 6 heteroatoms. The van der Waals surface area contributed by atoms with Crippen LogP contribution in [0.15, 0.2) is 84.9 Å². The Morgan fingerprint density at radius 1 is 0.882 bits per heavy atom. The SMILES string of the molecule is CC(C)NC(=O)[C@H](Cc1ccccc1)N(Cc1cccc(Cl)c1)C(=O)CSCc1ccccc1. The number of amides is 2. The monoisotopic (exact) mass is 494 g/mol. The second-order valence-corrected chi connectivity index (χ2v) is 9.92. The van der Waals surface area contributed by atoms with E-state index < -0.39 is 6.04 Å². The van der Waals surface area contributed by atoms with Crippen LogP contribution in [0.3, 0.4) is 0 Å². The van der Waals surface area contributed by atoms with E-state index >= 15 is 0 Å². The van der Waals surface area contributed by atoms with Gasteiger partial charge in [0.15, 0.2) is 0 Å². The zero-order valence-corrected chi connectivity index (χ0v) is 21.2. The summed E-state index contributed by atoms with van der Waals surface area (Å²) in [5.74, 6) is 0.803. The molecule has 0 aliphatic carbocycles. The first kappa shape index (κ1) is 25.9. The number of nitrogens with zero attached hydrogens (tertiary/aromatic N) is 1. The molecule has 0 fully saturated rings. The Hall–Kier alpha value is -2.76. The number of halogens is 1. The third-order valence-corrected chi connectivity index (χ3v) is 6.50. The Bertz CT molecular complexity index is 1060. The zero-order chi connectivity index (χ0) is 24.3. The number of carbonyl (C=O) groups is 2. The molecule has 178 valence electrons. The smallest absolute Gasteiger partial charge is 0.243 e. The highest BCUT2D eigenvalue weighted by atomic mass is 35.5. The van der Waals surface area contributed by atoms with Crippen molar-refractivity contribution in [3.05, 3.63) is 107 Å². The molecule has 0 spiro atoms. The number of nitrogens with one attached hydrogen (secondary N) is 1. The van der Waals surface area contributed by atoms with Crippen molar-refractivity contribution in [2.24, 2.45) is 0 Å². The highest BCUT2D eigenvalue weighted by Gasteiger charge is 2.30. The van der Waals surface area contributed by atoms with Gasteiger partial charge in [0.05, 0.1) is 5.75 Å². The van der Waals surface area contributed by atoms with Gasteiger partial charge in [0, 0.05) is 29.8 Å². The minimum absolute atomic E-state index is 0.0265. The van der Waals surface area contributed by atoms with E-state index in [0.29, 0.717) is 18.0 Å². The van der Waals surface area contributed by atoms with Crippen LogP contribution >= 0.6 is 23.4 Å². The highest BCUT2D eigenvalue weighted by Crippen LogP contribution is 2.20. The van der Waals surface area contributed by atoms with Crippen LogP contribution < -0.4 is 5.32 Å². The van der Waals surface area contributed by atoms with Gasteiger partial charge < -0.3 is 10.2 Å². The summed E-state index contributed by atoms with van der Waals surface area (Å²) in [5, 5.41) is 3.62. The van der Waals surface area contributed by atoms with Crippen LogP contribution in [0.25, 0.3) is 0 Å². The second kappa shape index (κ2) is 13.2. The predicted molar refractivity (Wildman–Crippen MR) is 142 cm³/mol. The van der Waals surface area contributed by atoms with Crippen molar-refractivity contribution < 1.29 is 9.59 Å². The maximum atomic E-state index is 13.5. The van der Waals surface area contributed by atoms with Crippen LogP contribution in [0.4, 0.5) is 0 Å². The zero-order valence-electron chi connectivity index (χ0n) is 19.6. The fraction of sp³-hybridized carbons (Fsp3) is 0.286. The van der Waals surface area contributed by atoms with Crippen molar-refractivity contribution in [3.63, 3.8) is 0 Å². The topological polar surface area (TPSA) is 49.4 Å². The Balaban J connectivity index is 1.85. The summed E-state index contributed by atoms with van der Waals surface area (Å²) in [6.07, 6.45) is 0.440. The van der Waals surface area contributed by atoms with Crippen molar-refractivity contribution in [2.45, 2.75) is 44.6 Å². The summed E-state index contributed by atoms with van der Waals surface area (Å²) < 4.78 is 0. The van der Waals surface area contributed by atoms with Crippen molar-refractivity contribution in [1.82, 2.24) is 10.2 Å². The van der Waals surface area contributed by atoms with E-state index in [0.717, 1.165) is 16.9 Å². The molecule has 34 heavy (non-hydrogen) atoms. The molecule has 4 nitrogen and oxygen atoms in total. The van der Waals surface area contributed by atoms with Crippen LogP contribution in [-0.4, -0.2) is 34.6 Å². The van der Waals surface area contributed by atoms with Gasteiger partial charge in [-0.15, -0.1) is 11.8 Å². The first-order valence-corrected chi connectivity index (χ1v) is 13.0. The van der Waals surface area contributed by atoms with Gasteiger partial charge in [-0.3, -0.25) is 9.59 Å². The molecule has 1 N–H and O–H groups in total. The van der Waals surface area contributed by atoms with Gasteiger partial charge in [-0.25, -0.2) is 0 Å². The summed E-state index contributed by atoms with van der Waals surface area (Å²) in [4.78, 5) is 28.6. The molecule has 2 amide bonds. The van der Waals surface area contributed by atoms with E-state index in [1.54, 1.807) is 22.7 Å². The molecule has 3 aromatic rings. The van der Waals surface area contributed by atoms with Gasteiger partial charge in [-0.2, -0.15) is 0 Å². The van der Waals surface area contributed by atoms with Gasteiger partial charge in [-0.1, -0.05) is 84.4 Å². The van der Waals surface area contributed by atoms with E-state index in [2.05, 4.69) is 17.4 Å². The molecule has 0 bridgehead atoms. The first-order valence-electron chi connectivity index (χ1n) is 11.4. The minimum atomic E-state index is -0.631.